The second-order valence-corrected chi connectivity index (χ2v) is 3.23. The Morgan fingerprint density at radius 3 is 2.33 bits per heavy atom. The highest BCUT2D eigenvalue weighted by Gasteiger charge is 2.33. The van der Waals surface area contributed by atoms with E-state index in [2.05, 4.69) is 0 Å². The molecule has 1 saturated carbocycles. The van der Waals surface area contributed by atoms with Crippen molar-refractivity contribution >= 4 is 5.97 Å². The normalized spacial score (nSPS) is 22.8. The summed E-state index contributed by atoms with van der Waals surface area (Å²) in [7, 11) is 0. The van der Waals surface area contributed by atoms with Crippen molar-refractivity contribution in [2.75, 3.05) is 0 Å². The molecule has 0 aliphatic heterocycles. The van der Waals surface area contributed by atoms with Gasteiger partial charge in [0.05, 0.1) is 6.42 Å². The first-order valence-electron chi connectivity index (χ1n) is 3.34. The van der Waals surface area contributed by atoms with Crippen LogP contribution < -0.4 is 0 Å². The number of carboxylic acid groups (broad SMARTS) is 1. The molecule has 0 heterocycles. The highest BCUT2D eigenvalue weighted by atomic mass is 16.4. The fraction of sp³-hybridized carbons (Fsp3) is 0.857. The van der Waals surface area contributed by atoms with E-state index >= 15 is 0 Å². The van der Waals surface area contributed by atoms with Gasteiger partial charge in [0.2, 0.25) is 0 Å². The van der Waals surface area contributed by atoms with Crippen molar-refractivity contribution in [1.82, 2.24) is 0 Å². The van der Waals surface area contributed by atoms with E-state index < -0.39 is 5.97 Å². The fourth-order valence-corrected chi connectivity index (χ4v) is 1.32. The summed E-state index contributed by atoms with van der Waals surface area (Å²) in [5.41, 5.74) is 0.145. The number of hydrogen-bond acceptors (Lipinski definition) is 1. The summed E-state index contributed by atoms with van der Waals surface area (Å²) < 4.78 is 0. The zero-order chi connectivity index (χ0) is 6.91. The first-order chi connectivity index (χ1) is 4.12. The Bertz CT molecular complexity index is 125. The molecule has 9 heavy (non-hydrogen) atoms. The van der Waals surface area contributed by atoms with Crippen molar-refractivity contribution in [3.63, 3.8) is 0 Å². The predicted octanol–water partition coefficient (Wildman–Crippen LogP) is 1.65. The average molecular weight is 128 g/mol. The summed E-state index contributed by atoms with van der Waals surface area (Å²) in [5, 5.41) is 8.41. The Morgan fingerprint density at radius 2 is 2.22 bits per heavy atom. The van der Waals surface area contributed by atoms with Crippen LogP contribution in [-0.4, -0.2) is 11.1 Å². The van der Waals surface area contributed by atoms with Crippen LogP contribution in [0.2, 0.25) is 0 Å². The highest BCUT2D eigenvalue weighted by Crippen LogP contribution is 2.42. The van der Waals surface area contributed by atoms with Crippen molar-refractivity contribution in [2.45, 2.75) is 32.6 Å². The van der Waals surface area contributed by atoms with E-state index in [9.17, 15) is 4.79 Å². The molecule has 1 aliphatic carbocycles. The van der Waals surface area contributed by atoms with Crippen LogP contribution in [-0.2, 0) is 4.79 Å². The van der Waals surface area contributed by atoms with E-state index in [0.29, 0.717) is 6.42 Å². The van der Waals surface area contributed by atoms with Crippen LogP contribution in [0.15, 0.2) is 0 Å². The smallest absolute Gasteiger partial charge is 0.303 e. The third-order valence-corrected chi connectivity index (χ3v) is 2.14. The Hall–Kier alpha value is -0.530. The maximum absolute atomic E-state index is 10.2. The summed E-state index contributed by atoms with van der Waals surface area (Å²) in [6, 6.07) is 0. The molecular formula is C7H12O2. The van der Waals surface area contributed by atoms with E-state index in [4.69, 9.17) is 5.11 Å². The van der Waals surface area contributed by atoms with E-state index in [1.807, 2.05) is 6.92 Å². The number of carboxylic acids is 1. The largest absolute Gasteiger partial charge is 0.481 e. The van der Waals surface area contributed by atoms with Gasteiger partial charge in [-0.25, -0.2) is 0 Å². The molecular weight excluding hydrogens is 116 g/mol. The lowest BCUT2D eigenvalue weighted by Crippen LogP contribution is -2.28. The van der Waals surface area contributed by atoms with Crippen molar-refractivity contribution in [3.8, 4) is 0 Å². The van der Waals surface area contributed by atoms with Crippen LogP contribution in [0.25, 0.3) is 0 Å². The molecule has 0 spiro atoms. The molecule has 0 bridgehead atoms. The van der Waals surface area contributed by atoms with Gasteiger partial charge in [0, 0.05) is 0 Å². The Morgan fingerprint density at radius 1 is 1.67 bits per heavy atom. The molecule has 0 amide bonds. The van der Waals surface area contributed by atoms with Crippen molar-refractivity contribution in [2.24, 2.45) is 5.41 Å². The zero-order valence-electron chi connectivity index (χ0n) is 5.68. The summed E-state index contributed by atoms with van der Waals surface area (Å²) in [5.74, 6) is -0.655. The van der Waals surface area contributed by atoms with Crippen molar-refractivity contribution in [3.05, 3.63) is 0 Å². The first kappa shape index (κ1) is 6.59. The minimum Gasteiger partial charge on any atom is -0.481 e. The van der Waals surface area contributed by atoms with E-state index in [0.717, 1.165) is 12.8 Å². The molecule has 0 aromatic rings. The Balaban J connectivity index is 2.33. The van der Waals surface area contributed by atoms with Crippen molar-refractivity contribution < 1.29 is 9.90 Å². The summed E-state index contributed by atoms with van der Waals surface area (Å²) in [4.78, 5) is 10.2. The van der Waals surface area contributed by atoms with Gasteiger partial charge in [0.15, 0.2) is 0 Å². The first-order valence-corrected chi connectivity index (χ1v) is 3.34. The number of carbonyl (C=O) groups is 1. The van der Waals surface area contributed by atoms with Gasteiger partial charge in [-0.2, -0.15) is 0 Å². The van der Waals surface area contributed by atoms with Gasteiger partial charge in [-0.05, 0) is 18.3 Å². The molecule has 1 rings (SSSR count). The summed E-state index contributed by atoms with van der Waals surface area (Å²) >= 11 is 0. The maximum atomic E-state index is 10.2. The number of aliphatic carboxylic acids is 1. The Labute approximate surface area is 54.9 Å². The minimum absolute atomic E-state index is 0.145. The van der Waals surface area contributed by atoms with Crippen LogP contribution in [0.4, 0.5) is 0 Å². The molecule has 0 radical (unpaired) electrons. The Kier molecular flexibility index (Phi) is 1.47. The van der Waals surface area contributed by atoms with Crippen LogP contribution in [0.3, 0.4) is 0 Å². The van der Waals surface area contributed by atoms with E-state index in [1.165, 1.54) is 6.42 Å². The number of rotatable bonds is 2. The summed E-state index contributed by atoms with van der Waals surface area (Å²) in [6.45, 7) is 2.05. The highest BCUT2D eigenvalue weighted by molar-refractivity contribution is 5.67. The predicted molar refractivity (Wildman–Crippen MR) is 34.2 cm³/mol. The van der Waals surface area contributed by atoms with Crippen LogP contribution in [0.5, 0.6) is 0 Å². The lowest BCUT2D eigenvalue weighted by Gasteiger charge is -2.36. The van der Waals surface area contributed by atoms with Crippen molar-refractivity contribution in [1.29, 1.82) is 0 Å². The minimum atomic E-state index is -0.655. The molecule has 52 valence electrons. The van der Waals surface area contributed by atoms with E-state index in [1.54, 1.807) is 0 Å². The van der Waals surface area contributed by atoms with Gasteiger partial charge in [-0.1, -0.05) is 13.3 Å². The topological polar surface area (TPSA) is 37.3 Å². The van der Waals surface area contributed by atoms with Gasteiger partial charge >= 0.3 is 5.97 Å². The molecule has 0 unspecified atom stereocenters. The molecule has 1 aliphatic rings. The average Bonchev–Trinajstić information content (AvgIpc) is 1.60. The van der Waals surface area contributed by atoms with E-state index in [-0.39, 0.29) is 5.41 Å². The molecule has 1 N–H and O–H groups in total. The molecule has 0 aromatic heterocycles. The van der Waals surface area contributed by atoms with Gasteiger partial charge < -0.3 is 5.11 Å². The van der Waals surface area contributed by atoms with Crippen LogP contribution >= 0.6 is 0 Å². The molecule has 0 aromatic carbocycles. The van der Waals surface area contributed by atoms with Crippen LogP contribution in [0, 0.1) is 5.41 Å². The van der Waals surface area contributed by atoms with Gasteiger partial charge in [-0.3, -0.25) is 4.79 Å². The third-order valence-electron chi connectivity index (χ3n) is 2.14. The van der Waals surface area contributed by atoms with Gasteiger partial charge in [0.25, 0.3) is 0 Å². The fourth-order valence-electron chi connectivity index (χ4n) is 1.32. The quantitative estimate of drug-likeness (QED) is 0.614. The molecule has 0 saturated heterocycles. The standard InChI is InChI=1S/C7H12O2/c1-7(3-2-4-7)5-6(8)9/h2-5H2,1H3,(H,8,9). The van der Waals surface area contributed by atoms with Gasteiger partial charge in [0.1, 0.15) is 0 Å². The molecule has 2 heteroatoms. The zero-order valence-corrected chi connectivity index (χ0v) is 5.68. The lowest BCUT2D eigenvalue weighted by atomic mass is 9.68. The monoisotopic (exact) mass is 128 g/mol. The SMILES string of the molecule is CC1(CC(=O)O)CCC1. The molecule has 1 fully saturated rings. The third kappa shape index (κ3) is 1.44. The second-order valence-electron chi connectivity index (χ2n) is 3.23. The number of hydrogen-bond donors (Lipinski definition) is 1. The molecule has 0 atom stereocenters. The second kappa shape index (κ2) is 2.01. The maximum Gasteiger partial charge on any atom is 0.303 e. The van der Waals surface area contributed by atoms with Crippen LogP contribution in [0.1, 0.15) is 32.6 Å². The summed E-state index contributed by atoms with van der Waals surface area (Å²) in [6.07, 6.45) is 3.76. The molecule has 2 nitrogen and oxygen atoms in total. The van der Waals surface area contributed by atoms with Gasteiger partial charge in [-0.15, -0.1) is 0 Å². The lowest BCUT2D eigenvalue weighted by molar-refractivity contribution is -0.140.